The number of benzene rings is 2. The van der Waals surface area contributed by atoms with Gasteiger partial charge >= 0.3 is 0 Å². The van der Waals surface area contributed by atoms with Crippen molar-refractivity contribution in [3.8, 4) is 11.5 Å². The number of aromatic nitrogens is 4. The molecule has 0 saturated carbocycles. The minimum absolute atomic E-state index is 0.286. The lowest BCUT2D eigenvalue weighted by Gasteiger charge is -2.12. The molecule has 0 aliphatic heterocycles. The van der Waals surface area contributed by atoms with Crippen LogP contribution in [-0.4, -0.2) is 33.7 Å². The molecule has 0 radical (unpaired) electrons. The number of anilines is 1. The van der Waals surface area contributed by atoms with E-state index in [1.165, 1.54) is 30.2 Å². The first-order chi connectivity index (χ1) is 14.1. The lowest BCUT2D eigenvalue weighted by molar-refractivity contribution is 0.394. The van der Waals surface area contributed by atoms with Crippen molar-refractivity contribution in [3.63, 3.8) is 0 Å². The quantitative estimate of drug-likeness (QED) is 0.517. The highest BCUT2D eigenvalue weighted by Gasteiger charge is 2.18. The van der Waals surface area contributed by atoms with E-state index >= 15 is 0 Å². The van der Waals surface area contributed by atoms with E-state index in [4.69, 9.17) is 15.2 Å². The summed E-state index contributed by atoms with van der Waals surface area (Å²) in [5.74, 6) is 1.41. The highest BCUT2D eigenvalue weighted by atomic mass is 32.2. The van der Waals surface area contributed by atoms with Crippen molar-refractivity contribution < 1.29 is 13.9 Å². The smallest absolute Gasteiger partial charge is 0.175 e. The molecule has 0 fully saturated rings. The van der Waals surface area contributed by atoms with Gasteiger partial charge < -0.3 is 15.2 Å². The fraction of sp³-hybridized carbons (Fsp3) is 0.150. The van der Waals surface area contributed by atoms with Crippen LogP contribution < -0.4 is 15.2 Å². The maximum Gasteiger partial charge on any atom is 0.175 e. The van der Waals surface area contributed by atoms with E-state index < -0.39 is 0 Å². The van der Waals surface area contributed by atoms with Crippen LogP contribution in [0, 0.1) is 5.82 Å². The molecule has 0 aliphatic carbocycles. The molecular weight excluding hydrogens is 393 g/mol. The molecule has 0 atom stereocenters. The average Bonchev–Trinajstić information content (AvgIpc) is 3.08. The van der Waals surface area contributed by atoms with Crippen LogP contribution in [0.2, 0.25) is 0 Å². The number of halogens is 1. The fourth-order valence-electron chi connectivity index (χ4n) is 2.89. The number of fused-ring (bicyclic) bond motifs is 1. The van der Waals surface area contributed by atoms with Crippen LogP contribution in [0.1, 0.15) is 5.56 Å². The van der Waals surface area contributed by atoms with Gasteiger partial charge in [0.2, 0.25) is 0 Å². The van der Waals surface area contributed by atoms with E-state index in [9.17, 15) is 4.39 Å². The predicted molar refractivity (Wildman–Crippen MR) is 109 cm³/mol. The van der Waals surface area contributed by atoms with Gasteiger partial charge in [0.25, 0.3) is 0 Å². The Labute approximate surface area is 170 Å². The molecule has 7 nitrogen and oxygen atoms in total. The summed E-state index contributed by atoms with van der Waals surface area (Å²) in [6, 6.07) is 11.8. The van der Waals surface area contributed by atoms with Crippen LogP contribution in [0.25, 0.3) is 11.2 Å². The second-order valence-electron chi connectivity index (χ2n) is 6.16. The Kier molecular flexibility index (Phi) is 5.22. The zero-order chi connectivity index (χ0) is 20.4. The van der Waals surface area contributed by atoms with Crippen molar-refractivity contribution in [2.24, 2.45) is 0 Å². The second kappa shape index (κ2) is 7.96. The Morgan fingerprint density at radius 3 is 2.59 bits per heavy atom. The lowest BCUT2D eigenvalue weighted by Crippen LogP contribution is -2.03. The maximum atomic E-state index is 13.3. The van der Waals surface area contributed by atoms with E-state index in [1.54, 1.807) is 26.4 Å². The molecule has 0 unspecified atom stereocenters. The van der Waals surface area contributed by atoms with Crippen LogP contribution in [0.3, 0.4) is 0 Å². The molecule has 0 aliphatic rings. The minimum atomic E-state index is -0.286. The first-order valence-electron chi connectivity index (χ1n) is 8.70. The lowest BCUT2D eigenvalue weighted by atomic mass is 10.2. The third-order valence-electron chi connectivity index (χ3n) is 4.35. The number of nitrogen functional groups attached to an aromatic ring is 1. The van der Waals surface area contributed by atoms with Gasteiger partial charge in [-0.2, -0.15) is 0 Å². The topological polar surface area (TPSA) is 88.1 Å². The van der Waals surface area contributed by atoms with E-state index in [0.29, 0.717) is 40.2 Å². The Balaban J connectivity index is 1.81. The van der Waals surface area contributed by atoms with Crippen LogP contribution in [0.15, 0.2) is 58.8 Å². The van der Waals surface area contributed by atoms with Gasteiger partial charge in [-0.25, -0.2) is 19.3 Å². The van der Waals surface area contributed by atoms with Gasteiger partial charge in [-0.3, -0.25) is 4.57 Å². The number of imidazole rings is 1. The van der Waals surface area contributed by atoms with Crippen molar-refractivity contribution in [1.29, 1.82) is 0 Å². The summed E-state index contributed by atoms with van der Waals surface area (Å²) in [7, 11) is 3.22. The summed E-state index contributed by atoms with van der Waals surface area (Å²) in [6.07, 6.45) is 1.40. The SMILES string of the molecule is COc1ccc(OC)c(Sc2nc3c(N)ncnc3n2Cc2ccc(F)cc2)c1. The number of rotatable bonds is 6. The molecule has 4 rings (SSSR count). The van der Waals surface area contributed by atoms with Gasteiger partial charge in [0.15, 0.2) is 22.1 Å². The Bertz CT molecular complexity index is 1160. The number of hydrogen-bond donors (Lipinski definition) is 1. The first kappa shape index (κ1) is 19.0. The van der Waals surface area contributed by atoms with Crippen LogP contribution in [-0.2, 0) is 6.54 Å². The highest BCUT2D eigenvalue weighted by molar-refractivity contribution is 7.99. The second-order valence-corrected chi connectivity index (χ2v) is 7.17. The summed E-state index contributed by atoms with van der Waals surface area (Å²) in [6.45, 7) is 0.446. The third-order valence-corrected chi connectivity index (χ3v) is 5.38. The number of hydrogen-bond acceptors (Lipinski definition) is 7. The number of ether oxygens (including phenoxy) is 2. The van der Waals surface area contributed by atoms with Crippen molar-refractivity contribution >= 4 is 28.7 Å². The number of methoxy groups -OCH3 is 2. The molecule has 0 spiro atoms. The zero-order valence-electron chi connectivity index (χ0n) is 15.8. The van der Waals surface area contributed by atoms with Gasteiger partial charge in [-0.1, -0.05) is 12.1 Å². The normalized spacial score (nSPS) is 11.0. The van der Waals surface area contributed by atoms with Crippen molar-refractivity contribution in [2.75, 3.05) is 20.0 Å². The standard InChI is InChI=1S/C20H18FN5O2S/c1-27-14-7-8-15(28-2)16(9-14)29-20-25-17-18(22)23-11-24-19(17)26(20)10-12-3-5-13(21)6-4-12/h3-9,11H,10H2,1-2H3,(H2,22,23,24). The van der Waals surface area contributed by atoms with Crippen molar-refractivity contribution in [3.05, 3.63) is 60.2 Å². The summed E-state index contributed by atoms with van der Waals surface area (Å²) < 4.78 is 26.0. The van der Waals surface area contributed by atoms with E-state index in [1.807, 2.05) is 22.8 Å². The molecule has 148 valence electrons. The molecule has 0 saturated heterocycles. The Morgan fingerprint density at radius 2 is 1.86 bits per heavy atom. The molecular formula is C20H18FN5O2S. The molecule has 2 aromatic heterocycles. The van der Waals surface area contributed by atoms with Crippen LogP contribution >= 0.6 is 11.8 Å². The summed E-state index contributed by atoms with van der Waals surface area (Å²) in [5.41, 5.74) is 8.04. The van der Waals surface area contributed by atoms with Gasteiger partial charge in [-0.05, 0) is 47.7 Å². The molecule has 0 amide bonds. The Morgan fingerprint density at radius 1 is 1.07 bits per heavy atom. The van der Waals surface area contributed by atoms with Crippen molar-refractivity contribution in [1.82, 2.24) is 19.5 Å². The molecule has 0 bridgehead atoms. The van der Waals surface area contributed by atoms with Gasteiger partial charge in [0, 0.05) is 0 Å². The zero-order valence-corrected chi connectivity index (χ0v) is 16.6. The van der Waals surface area contributed by atoms with Gasteiger partial charge in [-0.15, -0.1) is 0 Å². The molecule has 2 heterocycles. The highest BCUT2D eigenvalue weighted by Crippen LogP contribution is 2.38. The average molecular weight is 411 g/mol. The minimum Gasteiger partial charge on any atom is -0.497 e. The molecule has 2 aromatic carbocycles. The summed E-state index contributed by atoms with van der Waals surface area (Å²) in [5, 5.41) is 0.656. The third kappa shape index (κ3) is 3.81. The van der Waals surface area contributed by atoms with E-state index in [0.717, 1.165) is 10.5 Å². The van der Waals surface area contributed by atoms with Gasteiger partial charge in [0.05, 0.1) is 25.7 Å². The monoisotopic (exact) mass is 411 g/mol. The number of nitrogens with two attached hydrogens (primary N) is 1. The summed E-state index contributed by atoms with van der Waals surface area (Å²) in [4.78, 5) is 13.9. The van der Waals surface area contributed by atoms with Crippen molar-refractivity contribution in [2.45, 2.75) is 16.6 Å². The summed E-state index contributed by atoms with van der Waals surface area (Å²) >= 11 is 1.40. The fourth-order valence-corrected chi connectivity index (χ4v) is 3.91. The molecule has 4 aromatic rings. The molecule has 2 N–H and O–H groups in total. The maximum absolute atomic E-state index is 13.3. The predicted octanol–water partition coefficient (Wildman–Crippen LogP) is 3.76. The molecule has 29 heavy (non-hydrogen) atoms. The van der Waals surface area contributed by atoms with Gasteiger partial charge in [0.1, 0.15) is 23.6 Å². The molecule has 9 heteroatoms. The van der Waals surface area contributed by atoms with E-state index in [-0.39, 0.29) is 5.82 Å². The number of nitrogens with zero attached hydrogens (tertiary/aromatic N) is 4. The Hall–Kier alpha value is -3.33. The largest absolute Gasteiger partial charge is 0.497 e. The van der Waals surface area contributed by atoms with E-state index in [2.05, 4.69) is 15.0 Å². The van der Waals surface area contributed by atoms with Crippen LogP contribution in [0.4, 0.5) is 10.2 Å². The van der Waals surface area contributed by atoms with Crippen LogP contribution in [0.5, 0.6) is 11.5 Å². The first-order valence-corrected chi connectivity index (χ1v) is 9.51.